The predicted molar refractivity (Wildman–Crippen MR) is 59.8 cm³/mol. The smallest absolute Gasteiger partial charge is 0.183 e. The van der Waals surface area contributed by atoms with E-state index in [9.17, 15) is 9.18 Å². The Labute approximate surface area is 99.5 Å². The van der Waals surface area contributed by atoms with Gasteiger partial charge in [-0.05, 0) is 26.0 Å². The highest BCUT2D eigenvalue weighted by Gasteiger charge is 2.37. The minimum absolute atomic E-state index is 0.0510. The lowest BCUT2D eigenvalue weighted by Crippen LogP contribution is -2.41. The summed E-state index contributed by atoms with van der Waals surface area (Å²) in [6, 6.07) is 5.97. The minimum atomic E-state index is -0.573. The third-order valence-corrected chi connectivity index (χ3v) is 3.10. The van der Waals surface area contributed by atoms with Crippen molar-refractivity contribution in [1.29, 1.82) is 0 Å². The van der Waals surface area contributed by atoms with Crippen molar-refractivity contribution >= 4 is 5.78 Å². The molecule has 0 atom stereocenters. The number of halogens is 1. The lowest BCUT2D eigenvalue weighted by atomic mass is 9.88. The van der Waals surface area contributed by atoms with Gasteiger partial charge in [-0.15, -0.1) is 0 Å². The molecular formula is C13H15FO3. The van der Waals surface area contributed by atoms with E-state index in [2.05, 4.69) is 0 Å². The fourth-order valence-electron chi connectivity index (χ4n) is 1.62. The van der Waals surface area contributed by atoms with Crippen molar-refractivity contribution in [3.8, 4) is 0 Å². The number of ether oxygens (including phenoxy) is 2. The molecule has 92 valence electrons. The zero-order chi connectivity index (χ0) is 12.5. The van der Waals surface area contributed by atoms with Gasteiger partial charge in [0.05, 0.1) is 18.6 Å². The summed E-state index contributed by atoms with van der Waals surface area (Å²) >= 11 is 0. The minimum Gasteiger partial charge on any atom is -0.347 e. The second-order valence-electron chi connectivity index (χ2n) is 4.62. The van der Waals surface area contributed by atoms with Crippen LogP contribution in [0.25, 0.3) is 0 Å². The van der Waals surface area contributed by atoms with Crippen molar-refractivity contribution in [2.75, 3.05) is 13.2 Å². The van der Waals surface area contributed by atoms with Crippen LogP contribution >= 0.6 is 0 Å². The zero-order valence-electron chi connectivity index (χ0n) is 9.90. The second-order valence-corrected chi connectivity index (χ2v) is 4.62. The highest BCUT2D eigenvalue weighted by molar-refractivity contribution is 5.82. The third kappa shape index (κ3) is 2.53. The Morgan fingerprint density at radius 2 is 1.82 bits per heavy atom. The monoisotopic (exact) mass is 238 g/mol. The largest absolute Gasteiger partial charge is 0.347 e. The van der Waals surface area contributed by atoms with Gasteiger partial charge in [0.15, 0.2) is 6.29 Å². The summed E-state index contributed by atoms with van der Waals surface area (Å²) in [5.41, 5.74) is 0.188. The van der Waals surface area contributed by atoms with Crippen LogP contribution in [-0.4, -0.2) is 19.0 Å². The van der Waals surface area contributed by atoms with Crippen molar-refractivity contribution < 1.29 is 18.7 Å². The van der Waals surface area contributed by atoms with Crippen LogP contribution in [0.1, 0.15) is 25.7 Å². The first-order valence-corrected chi connectivity index (χ1v) is 5.51. The molecule has 3 nitrogen and oxygen atoms in total. The molecular weight excluding hydrogens is 223 g/mol. The quantitative estimate of drug-likeness (QED) is 0.794. The molecule has 17 heavy (non-hydrogen) atoms. The average Bonchev–Trinajstić information content (AvgIpc) is 2.31. The topological polar surface area (TPSA) is 35.5 Å². The number of benzene rings is 1. The summed E-state index contributed by atoms with van der Waals surface area (Å²) in [5, 5.41) is 0. The van der Waals surface area contributed by atoms with E-state index in [0.717, 1.165) is 5.56 Å². The number of hydrogen-bond acceptors (Lipinski definition) is 3. The molecule has 0 unspecified atom stereocenters. The van der Waals surface area contributed by atoms with E-state index in [4.69, 9.17) is 9.47 Å². The molecule has 1 saturated heterocycles. The maximum atomic E-state index is 12.8. The molecule has 1 fully saturated rings. The predicted octanol–water partition coefficient (Wildman–Crippen LogP) is 2.47. The molecule has 1 aliphatic rings. The number of rotatable bonds is 2. The molecule has 0 N–H and O–H groups in total. The number of Topliss-reactive ketones (excluding diaryl/α,β-unsaturated/α-hetero) is 1. The molecule has 0 radical (unpaired) electrons. The van der Waals surface area contributed by atoms with Crippen molar-refractivity contribution in [3.05, 3.63) is 35.6 Å². The summed E-state index contributed by atoms with van der Waals surface area (Å²) in [6.07, 6.45) is -0.511. The summed E-state index contributed by atoms with van der Waals surface area (Å²) < 4.78 is 23.8. The number of hydrogen-bond donors (Lipinski definition) is 0. The molecule has 2 rings (SSSR count). The Kier molecular flexibility index (Phi) is 3.26. The van der Waals surface area contributed by atoms with Crippen molar-refractivity contribution in [2.45, 2.75) is 20.1 Å². The molecule has 1 aliphatic heterocycles. The fraction of sp³-hybridized carbons (Fsp3) is 0.462. The summed E-state index contributed by atoms with van der Waals surface area (Å²) in [5.74, 6) is -0.242. The first kappa shape index (κ1) is 12.2. The van der Waals surface area contributed by atoms with Crippen LogP contribution in [0.15, 0.2) is 24.3 Å². The molecule has 0 bridgehead atoms. The standard InChI is InChI=1S/C13H15FO3/c1-9(15)13(2)7-16-12(17-8-13)10-3-5-11(14)6-4-10/h3-6,12H,7-8H2,1-2H3. The van der Waals surface area contributed by atoms with Gasteiger partial charge >= 0.3 is 0 Å². The Morgan fingerprint density at radius 3 is 2.29 bits per heavy atom. The van der Waals surface area contributed by atoms with Crippen LogP contribution in [-0.2, 0) is 14.3 Å². The molecule has 0 amide bonds. The van der Waals surface area contributed by atoms with E-state index < -0.39 is 11.7 Å². The zero-order valence-corrected chi connectivity index (χ0v) is 9.90. The SMILES string of the molecule is CC(=O)C1(C)COC(c2ccc(F)cc2)OC1. The van der Waals surface area contributed by atoms with Gasteiger partial charge in [0, 0.05) is 5.56 Å². The molecule has 0 aromatic heterocycles. The molecule has 4 heteroatoms. The van der Waals surface area contributed by atoms with Crippen molar-refractivity contribution in [2.24, 2.45) is 5.41 Å². The van der Waals surface area contributed by atoms with Crippen molar-refractivity contribution in [1.82, 2.24) is 0 Å². The Morgan fingerprint density at radius 1 is 1.29 bits per heavy atom. The maximum Gasteiger partial charge on any atom is 0.183 e. The van der Waals surface area contributed by atoms with Crippen LogP contribution in [0.3, 0.4) is 0 Å². The van der Waals surface area contributed by atoms with E-state index in [1.54, 1.807) is 12.1 Å². The van der Waals surface area contributed by atoms with Gasteiger partial charge in [0.25, 0.3) is 0 Å². The van der Waals surface area contributed by atoms with E-state index in [1.807, 2.05) is 6.92 Å². The van der Waals surface area contributed by atoms with Gasteiger partial charge in [-0.2, -0.15) is 0 Å². The number of carbonyl (C=O) groups is 1. The van der Waals surface area contributed by atoms with E-state index in [-0.39, 0.29) is 11.6 Å². The lowest BCUT2D eigenvalue weighted by molar-refractivity contribution is -0.226. The van der Waals surface area contributed by atoms with Gasteiger partial charge in [-0.25, -0.2) is 4.39 Å². The Hall–Kier alpha value is -1.26. The van der Waals surface area contributed by atoms with Gasteiger partial charge in [0.2, 0.25) is 0 Å². The van der Waals surface area contributed by atoms with Crippen LogP contribution in [0.5, 0.6) is 0 Å². The van der Waals surface area contributed by atoms with Gasteiger partial charge in [0.1, 0.15) is 11.6 Å². The first-order valence-electron chi connectivity index (χ1n) is 5.51. The first-order chi connectivity index (χ1) is 8.01. The second kappa shape index (κ2) is 4.55. The van der Waals surface area contributed by atoms with Crippen LogP contribution < -0.4 is 0 Å². The number of carbonyl (C=O) groups excluding carboxylic acids is 1. The third-order valence-electron chi connectivity index (χ3n) is 3.10. The van der Waals surface area contributed by atoms with Crippen LogP contribution in [0, 0.1) is 11.2 Å². The van der Waals surface area contributed by atoms with Gasteiger partial charge in [-0.1, -0.05) is 12.1 Å². The molecule has 1 aromatic carbocycles. The molecule has 0 saturated carbocycles. The highest BCUT2D eigenvalue weighted by Crippen LogP contribution is 2.32. The molecule has 1 aromatic rings. The highest BCUT2D eigenvalue weighted by atomic mass is 19.1. The Balaban J connectivity index is 2.04. The summed E-state index contributed by atoms with van der Waals surface area (Å²) in [6.45, 7) is 4.00. The maximum absolute atomic E-state index is 12.8. The summed E-state index contributed by atoms with van der Waals surface area (Å²) in [4.78, 5) is 11.4. The lowest BCUT2D eigenvalue weighted by Gasteiger charge is -2.35. The van der Waals surface area contributed by atoms with Crippen LogP contribution in [0.4, 0.5) is 4.39 Å². The summed E-state index contributed by atoms with van der Waals surface area (Å²) in [7, 11) is 0. The molecule has 0 spiro atoms. The Bertz CT molecular complexity index is 405. The van der Waals surface area contributed by atoms with E-state index >= 15 is 0 Å². The van der Waals surface area contributed by atoms with Crippen molar-refractivity contribution in [3.63, 3.8) is 0 Å². The molecule has 1 heterocycles. The normalized spacial score (nSPS) is 29.0. The number of ketones is 1. The fourth-order valence-corrected chi connectivity index (χ4v) is 1.62. The average molecular weight is 238 g/mol. The van der Waals surface area contributed by atoms with Gasteiger partial charge < -0.3 is 9.47 Å². The van der Waals surface area contributed by atoms with Gasteiger partial charge in [-0.3, -0.25) is 4.79 Å². The molecule has 0 aliphatic carbocycles. The van der Waals surface area contributed by atoms with Crippen LogP contribution in [0.2, 0.25) is 0 Å². The van der Waals surface area contributed by atoms with E-state index in [1.165, 1.54) is 19.1 Å². The van der Waals surface area contributed by atoms with E-state index in [0.29, 0.717) is 13.2 Å².